The maximum Gasteiger partial charge on any atom is 0.336 e. The summed E-state index contributed by atoms with van der Waals surface area (Å²) in [6, 6.07) is 2.59. The summed E-state index contributed by atoms with van der Waals surface area (Å²) in [5.41, 5.74) is 0.176. The molecule has 0 heterocycles. The lowest BCUT2D eigenvalue weighted by atomic mass is 10.1. The monoisotopic (exact) mass is 304 g/mol. The van der Waals surface area contributed by atoms with Crippen LogP contribution in [0.25, 0.3) is 0 Å². The van der Waals surface area contributed by atoms with Gasteiger partial charge in [-0.2, -0.15) is 0 Å². The van der Waals surface area contributed by atoms with Gasteiger partial charge in [0.25, 0.3) is 0 Å². The SMILES string of the molecule is CCCCCS(=O)(=O)c1cc(Cl)cc(C(=O)O)c1C. The lowest BCUT2D eigenvalue weighted by Crippen LogP contribution is -2.11. The summed E-state index contributed by atoms with van der Waals surface area (Å²) in [7, 11) is -3.49. The summed E-state index contributed by atoms with van der Waals surface area (Å²) in [6.45, 7) is 3.48. The fourth-order valence-corrected chi connectivity index (χ4v) is 3.82. The normalized spacial score (nSPS) is 11.5. The van der Waals surface area contributed by atoms with E-state index in [1.165, 1.54) is 19.1 Å². The van der Waals surface area contributed by atoms with Crippen LogP contribution in [0, 0.1) is 6.92 Å². The number of benzene rings is 1. The van der Waals surface area contributed by atoms with Crippen molar-refractivity contribution in [3.8, 4) is 0 Å². The first-order chi connectivity index (χ1) is 8.79. The quantitative estimate of drug-likeness (QED) is 0.818. The van der Waals surface area contributed by atoms with Crippen LogP contribution in [0.4, 0.5) is 0 Å². The van der Waals surface area contributed by atoms with Crippen molar-refractivity contribution in [3.63, 3.8) is 0 Å². The lowest BCUT2D eigenvalue weighted by molar-refractivity contribution is 0.0696. The number of rotatable bonds is 6. The number of unbranched alkanes of at least 4 members (excludes halogenated alkanes) is 2. The van der Waals surface area contributed by atoms with Crippen molar-refractivity contribution in [1.82, 2.24) is 0 Å². The summed E-state index contributed by atoms with van der Waals surface area (Å²) in [5, 5.41) is 9.16. The highest BCUT2D eigenvalue weighted by Crippen LogP contribution is 2.26. The van der Waals surface area contributed by atoms with Crippen LogP contribution in [0.5, 0.6) is 0 Å². The summed E-state index contributed by atoms with van der Waals surface area (Å²) in [6.07, 6.45) is 2.31. The average molecular weight is 305 g/mol. The molecule has 0 radical (unpaired) electrons. The predicted octanol–water partition coefficient (Wildman–Crippen LogP) is 3.31. The first-order valence-electron chi connectivity index (χ1n) is 6.05. The fraction of sp³-hybridized carbons (Fsp3) is 0.462. The van der Waals surface area contributed by atoms with Crippen molar-refractivity contribution in [2.45, 2.75) is 38.0 Å². The van der Waals surface area contributed by atoms with Crippen LogP contribution in [0.2, 0.25) is 5.02 Å². The summed E-state index contributed by atoms with van der Waals surface area (Å²) in [4.78, 5) is 11.1. The van der Waals surface area contributed by atoms with Gasteiger partial charge in [0.1, 0.15) is 0 Å². The minimum Gasteiger partial charge on any atom is -0.478 e. The lowest BCUT2D eigenvalue weighted by Gasteiger charge is -2.10. The number of halogens is 1. The van der Waals surface area contributed by atoms with Crippen LogP contribution in [0.15, 0.2) is 17.0 Å². The van der Waals surface area contributed by atoms with Gasteiger partial charge in [0.15, 0.2) is 9.84 Å². The second kappa shape index (κ2) is 6.39. The molecule has 1 N–H and O–H groups in total. The number of hydrogen-bond donors (Lipinski definition) is 1. The van der Waals surface area contributed by atoms with Crippen molar-refractivity contribution in [3.05, 3.63) is 28.3 Å². The molecule has 0 aliphatic heterocycles. The Labute approximate surface area is 118 Å². The van der Waals surface area contributed by atoms with E-state index in [0.717, 1.165) is 12.8 Å². The average Bonchev–Trinajstić information content (AvgIpc) is 2.31. The van der Waals surface area contributed by atoms with Crippen LogP contribution >= 0.6 is 11.6 Å². The van der Waals surface area contributed by atoms with Gasteiger partial charge in [-0.3, -0.25) is 0 Å². The van der Waals surface area contributed by atoms with E-state index in [0.29, 0.717) is 6.42 Å². The Morgan fingerprint density at radius 2 is 1.95 bits per heavy atom. The predicted molar refractivity (Wildman–Crippen MR) is 74.7 cm³/mol. The van der Waals surface area contributed by atoms with Crippen molar-refractivity contribution in [1.29, 1.82) is 0 Å². The third kappa shape index (κ3) is 3.94. The van der Waals surface area contributed by atoms with Crippen LogP contribution in [-0.4, -0.2) is 25.2 Å². The molecular formula is C13H17ClO4S. The van der Waals surface area contributed by atoms with E-state index in [1.807, 2.05) is 6.92 Å². The molecule has 0 spiro atoms. The van der Waals surface area contributed by atoms with E-state index >= 15 is 0 Å². The second-order valence-electron chi connectivity index (χ2n) is 4.41. The molecule has 1 aromatic rings. The molecule has 1 aromatic carbocycles. The molecule has 106 valence electrons. The Bertz CT molecular complexity index is 579. The Morgan fingerprint density at radius 3 is 2.47 bits per heavy atom. The standard InChI is InChI=1S/C13H17ClO4S/c1-3-4-5-6-19(17,18)12-8-10(14)7-11(9(12)2)13(15)16/h7-8H,3-6H2,1-2H3,(H,15,16). The number of carbonyl (C=O) groups is 1. The van der Waals surface area contributed by atoms with E-state index in [2.05, 4.69) is 0 Å². The molecule has 0 fully saturated rings. The maximum absolute atomic E-state index is 12.2. The molecular weight excluding hydrogens is 288 g/mol. The third-order valence-electron chi connectivity index (χ3n) is 2.91. The molecule has 0 bridgehead atoms. The Kier molecular flexibility index (Phi) is 5.38. The zero-order valence-electron chi connectivity index (χ0n) is 10.9. The molecule has 0 aliphatic rings. The molecule has 0 atom stereocenters. The van der Waals surface area contributed by atoms with Gasteiger partial charge in [0, 0.05) is 5.02 Å². The molecule has 0 unspecified atom stereocenters. The number of sulfone groups is 1. The largest absolute Gasteiger partial charge is 0.478 e. The summed E-state index contributed by atoms with van der Waals surface area (Å²) < 4.78 is 24.4. The van der Waals surface area contributed by atoms with E-state index < -0.39 is 15.8 Å². The fourth-order valence-electron chi connectivity index (χ4n) is 1.85. The molecule has 19 heavy (non-hydrogen) atoms. The van der Waals surface area contributed by atoms with E-state index in [-0.39, 0.29) is 26.8 Å². The highest BCUT2D eigenvalue weighted by molar-refractivity contribution is 7.91. The van der Waals surface area contributed by atoms with E-state index in [9.17, 15) is 13.2 Å². The molecule has 1 rings (SSSR count). The van der Waals surface area contributed by atoms with Crippen LogP contribution in [0.1, 0.15) is 42.1 Å². The van der Waals surface area contributed by atoms with Gasteiger partial charge in [-0.05, 0) is 31.0 Å². The molecule has 0 amide bonds. The minimum atomic E-state index is -3.49. The van der Waals surface area contributed by atoms with Gasteiger partial charge in [0.05, 0.1) is 16.2 Å². The zero-order valence-corrected chi connectivity index (χ0v) is 12.5. The van der Waals surface area contributed by atoms with Crippen molar-refractivity contribution in [2.75, 3.05) is 5.75 Å². The molecule has 0 saturated heterocycles. The topological polar surface area (TPSA) is 71.4 Å². The third-order valence-corrected chi connectivity index (χ3v) is 5.05. The van der Waals surface area contributed by atoms with Gasteiger partial charge in [-0.25, -0.2) is 13.2 Å². The zero-order chi connectivity index (χ0) is 14.6. The van der Waals surface area contributed by atoms with E-state index in [1.54, 1.807) is 0 Å². The van der Waals surface area contributed by atoms with Gasteiger partial charge in [-0.1, -0.05) is 31.4 Å². The molecule has 4 nitrogen and oxygen atoms in total. The van der Waals surface area contributed by atoms with Crippen LogP contribution in [-0.2, 0) is 9.84 Å². The Hall–Kier alpha value is -1.07. The van der Waals surface area contributed by atoms with Crippen molar-refractivity contribution < 1.29 is 18.3 Å². The summed E-state index contributed by atoms with van der Waals surface area (Å²) >= 11 is 5.81. The molecule has 0 saturated carbocycles. The molecule has 0 aromatic heterocycles. The molecule has 0 aliphatic carbocycles. The van der Waals surface area contributed by atoms with Gasteiger partial charge >= 0.3 is 5.97 Å². The minimum absolute atomic E-state index is 0.0150. The van der Waals surface area contributed by atoms with Crippen LogP contribution in [0.3, 0.4) is 0 Å². The number of aromatic carboxylic acids is 1. The number of hydrogen-bond acceptors (Lipinski definition) is 3. The molecule has 6 heteroatoms. The summed E-state index contributed by atoms with van der Waals surface area (Å²) in [5.74, 6) is -1.16. The van der Waals surface area contributed by atoms with Gasteiger partial charge in [0.2, 0.25) is 0 Å². The maximum atomic E-state index is 12.2. The highest BCUT2D eigenvalue weighted by atomic mass is 35.5. The first-order valence-corrected chi connectivity index (χ1v) is 8.08. The Balaban J connectivity index is 3.23. The van der Waals surface area contributed by atoms with E-state index in [4.69, 9.17) is 16.7 Å². The van der Waals surface area contributed by atoms with Crippen molar-refractivity contribution in [2.24, 2.45) is 0 Å². The number of carboxylic acid groups (broad SMARTS) is 1. The number of carboxylic acids is 1. The first kappa shape index (κ1) is 16.0. The van der Waals surface area contributed by atoms with Gasteiger partial charge < -0.3 is 5.11 Å². The van der Waals surface area contributed by atoms with Gasteiger partial charge in [-0.15, -0.1) is 0 Å². The Morgan fingerprint density at radius 1 is 1.32 bits per heavy atom. The second-order valence-corrected chi connectivity index (χ2v) is 6.92. The highest BCUT2D eigenvalue weighted by Gasteiger charge is 2.21. The van der Waals surface area contributed by atoms with Crippen molar-refractivity contribution >= 4 is 27.4 Å². The van der Waals surface area contributed by atoms with Crippen LogP contribution < -0.4 is 0 Å². The smallest absolute Gasteiger partial charge is 0.336 e.